The Morgan fingerprint density at radius 3 is 2.23 bits per heavy atom. The molecule has 0 saturated heterocycles. The van der Waals surface area contributed by atoms with Gasteiger partial charge in [0.25, 0.3) is 11.8 Å². The number of hydrogen-bond donors (Lipinski definition) is 2. The minimum absolute atomic E-state index is 0.0770. The van der Waals surface area contributed by atoms with Crippen LogP contribution in [0.25, 0.3) is 0 Å². The zero-order valence-electron chi connectivity index (χ0n) is 17.1. The summed E-state index contributed by atoms with van der Waals surface area (Å²) >= 11 is 1.53. The van der Waals surface area contributed by atoms with Crippen LogP contribution in [-0.2, 0) is 0 Å². The Morgan fingerprint density at radius 2 is 1.60 bits per heavy atom. The van der Waals surface area contributed by atoms with Crippen molar-refractivity contribution < 1.29 is 9.59 Å². The molecule has 0 aliphatic heterocycles. The van der Waals surface area contributed by atoms with Gasteiger partial charge in [0.2, 0.25) is 0 Å². The van der Waals surface area contributed by atoms with Crippen molar-refractivity contribution in [1.82, 2.24) is 10.3 Å². The quantitative estimate of drug-likeness (QED) is 0.399. The van der Waals surface area contributed by atoms with Gasteiger partial charge in [-0.15, -0.1) is 11.8 Å². The number of para-hydroxylation sites is 1. The van der Waals surface area contributed by atoms with Crippen LogP contribution >= 0.6 is 11.8 Å². The van der Waals surface area contributed by atoms with Crippen LogP contribution in [0, 0.1) is 0 Å². The van der Waals surface area contributed by atoms with Crippen LogP contribution in [0.15, 0.2) is 78.0 Å². The average Bonchev–Trinajstić information content (AvgIpc) is 2.77. The molecular formula is C24H25N3O2S. The van der Waals surface area contributed by atoms with E-state index < -0.39 is 0 Å². The molecule has 30 heavy (non-hydrogen) atoms. The number of nitrogens with zero attached hydrogens (tertiary/aromatic N) is 1. The largest absolute Gasteiger partial charge is 0.351 e. The SMILES string of the molecule is CC(C)c1ccc(C(=O)NCCSc2ccc(C(=O)Nc3ccccc3)cn2)cc1. The number of rotatable bonds is 8. The number of benzene rings is 2. The summed E-state index contributed by atoms with van der Waals surface area (Å²) in [6.45, 7) is 4.79. The second kappa shape index (κ2) is 10.6. The van der Waals surface area contributed by atoms with Gasteiger partial charge in [-0.05, 0) is 47.9 Å². The van der Waals surface area contributed by atoms with E-state index in [9.17, 15) is 9.59 Å². The number of hydrogen-bond acceptors (Lipinski definition) is 4. The zero-order valence-corrected chi connectivity index (χ0v) is 17.9. The van der Waals surface area contributed by atoms with Crippen molar-refractivity contribution in [3.8, 4) is 0 Å². The Balaban J connectivity index is 1.42. The minimum Gasteiger partial charge on any atom is -0.351 e. The van der Waals surface area contributed by atoms with E-state index in [0.717, 1.165) is 10.7 Å². The van der Waals surface area contributed by atoms with Gasteiger partial charge < -0.3 is 10.6 Å². The Labute approximate surface area is 181 Å². The zero-order chi connectivity index (χ0) is 21.3. The van der Waals surface area contributed by atoms with Crippen molar-refractivity contribution >= 4 is 29.3 Å². The minimum atomic E-state index is -0.194. The standard InChI is InChI=1S/C24H25N3O2S/c1-17(2)18-8-10-19(11-9-18)23(28)25-14-15-30-22-13-12-20(16-26-22)24(29)27-21-6-4-3-5-7-21/h3-13,16-17H,14-15H2,1-2H3,(H,25,28)(H,27,29). The highest BCUT2D eigenvalue weighted by atomic mass is 32.2. The van der Waals surface area contributed by atoms with Crippen LogP contribution in [0.2, 0.25) is 0 Å². The third-order valence-corrected chi connectivity index (χ3v) is 5.45. The van der Waals surface area contributed by atoms with E-state index in [1.54, 1.807) is 12.3 Å². The number of aromatic nitrogens is 1. The summed E-state index contributed by atoms with van der Waals surface area (Å²) in [5.74, 6) is 0.868. The lowest BCUT2D eigenvalue weighted by molar-refractivity contribution is 0.0955. The maximum absolute atomic E-state index is 12.2. The number of pyridine rings is 1. The van der Waals surface area contributed by atoms with Gasteiger partial charge in [0.05, 0.1) is 10.6 Å². The molecule has 0 saturated carbocycles. The van der Waals surface area contributed by atoms with Gasteiger partial charge in [0, 0.05) is 29.7 Å². The van der Waals surface area contributed by atoms with Gasteiger partial charge in [-0.2, -0.15) is 0 Å². The van der Waals surface area contributed by atoms with E-state index >= 15 is 0 Å². The predicted molar refractivity (Wildman–Crippen MR) is 122 cm³/mol. The van der Waals surface area contributed by atoms with Crippen LogP contribution in [0.1, 0.15) is 46.0 Å². The maximum atomic E-state index is 12.2. The molecule has 2 amide bonds. The van der Waals surface area contributed by atoms with Crippen LogP contribution in [0.5, 0.6) is 0 Å². The fourth-order valence-corrected chi connectivity index (χ4v) is 3.47. The van der Waals surface area contributed by atoms with Crippen molar-refractivity contribution in [3.63, 3.8) is 0 Å². The predicted octanol–water partition coefficient (Wildman–Crippen LogP) is 4.98. The summed E-state index contributed by atoms with van der Waals surface area (Å²) in [7, 11) is 0. The molecule has 0 atom stereocenters. The first-order valence-corrected chi connectivity index (χ1v) is 10.8. The van der Waals surface area contributed by atoms with Crippen LogP contribution < -0.4 is 10.6 Å². The molecule has 0 fully saturated rings. The lowest BCUT2D eigenvalue weighted by Crippen LogP contribution is -2.25. The van der Waals surface area contributed by atoms with Gasteiger partial charge in [0.1, 0.15) is 0 Å². The molecule has 0 bridgehead atoms. The highest BCUT2D eigenvalue weighted by Gasteiger charge is 2.08. The van der Waals surface area contributed by atoms with Crippen molar-refractivity contribution in [2.45, 2.75) is 24.8 Å². The number of carbonyl (C=O) groups is 2. The molecule has 1 heterocycles. The van der Waals surface area contributed by atoms with E-state index in [1.165, 1.54) is 17.3 Å². The molecule has 0 radical (unpaired) electrons. The van der Waals surface area contributed by atoms with Crippen molar-refractivity contribution in [1.29, 1.82) is 0 Å². The number of carbonyl (C=O) groups excluding carboxylic acids is 2. The molecule has 6 heteroatoms. The van der Waals surface area contributed by atoms with E-state index in [1.807, 2.05) is 60.7 Å². The summed E-state index contributed by atoms with van der Waals surface area (Å²) in [5, 5.41) is 6.56. The molecule has 1 aromatic heterocycles. The molecule has 0 aliphatic rings. The third kappa shape index (κ3) is 6.19. The fraction of sp³-hybridized carbons (Fsp3) is 0.208. The van der Waals surface area contributed by atoms with Gasteiger partial charge in [-0.25, -0.2) is 4.98 Å². The number of anilines is 1. The van der Waals surface area contributed by atoms with Crippen molar-refractivity contribution in [2.75, 3.05) is 17.6 Å². The molecule has 0 spiro atoms. The molecule has 3 rings (SSSR count). The Hall–Kier alpha value is -3.12. The molecule has 3 aromatic rings. The summed E-state index contributed by atoms with van der Waals surface area (Å²) in [6, 6.07) is 20.6. The average molecular weight is 420 g/mol. The Bertz CT molecular complexity index is 972. The Kier molecular flexibility index (Phi) is 7.63. The van der Waals surface area contributed by atoms with E-state index in [4.69, 9.17) is 0 Å². The van der Waals surface area contributed by atoms with Gasteiger partial charge >= 0.3 is 0 Å². The monoisotopic (exact) mass is 419 g/mol. The van der Waals surface area contributed by atoms with Crippen LogP contribution in [0.4, 0.5) is 5.69 Å². The molecule has 0 unspecified atom stereocenters. The second-order valence-electron chi connectivity index (χ2n) is 7.09. The molecule has 2 N–H and O–H groups in total. The fourth-order valence-electron chi connectivity index (χ4n) is 2.77. The number of thioether (sulfide) groups is 1. The molecule has 0 aliphatic carbocycles. The molecule has 5 nitrogen and oxygen atoms in total. The lowest BCUT2D eigenvalue weighted by Gasteiger charge is -2.08. The van der Waals surface area contributed by atoms with Crippen molar-refractivity contribution in [2.24, 2.45) is 0 Å². The first-order valence-electron chi connectivity index (χ1n) is 9.86. The highest BCUT2D eigenvalue weighted by molar-refractivity contribution is 7.99. The summed E-state index contributed by atoms with van der Waals surface area (Å²) in [5.41, 5.74) is 3.13. The first-order chi connectivity index (χ1) is 14.5. The first kappa shape index (κ1) is 21.6. The second-order valence-corrected chi connectivity index (χ2v) is 8.20. The summed E-state index contributed by atoms with van der Waals surface area (Å²) in [6.07, 6.45) is 1.56. The third-order valence-electron chi connectivity index (χ3n) is 4.51. The molecule has 2 aromatic carbocycles. The van der Waals surface area contributed by atoms with Crippen LogP contribution in [0.3, 0.4) is 0 Å². The van der Waals surface area contributed by atoms with Gasteiger partial charge in [-0.3, -0.25) is 9.59 Å². The summed E-state index contributed by atoms with van der Waals surface area (Å²) in [4.78, 5) is 28.8. The molecule has 154 valence electrons. The van der Waals surface area contributed by atoms with Crippen molar-refractivity contribution in [3.05, 3.63) is 89.6 Å². The maximum Gasteiger partial charge on any atom is 0.257 e. The topological polar surface area (TPSA) is 71.1 Å². The van der Waals surface area contributed by atoms with E-state index in [0.29, 0.717) is 29.3 Å². The highest BCUT2D eigenvalue weighted by Crippen LogP contribution is 2.16. The van der Waals surface area contributed by atoms with E-state index in [2.05, 4.69) is 29.5 Å². The van der Waals surface area contributed by atoms with E-state index in [-0.39, 0.29) is 11.8 Å². The smallest absolute Gasteiger partial charge is 0.257 e. The number of nitrogens with one attached hydrogen (secondary N) is 2. The van der Waals surface area contributed by atoms with Gasteiger partial charge in [-0.1, -0.05) is 44.2 Å². The molecular weight excluding hydrogens is 394 g/mol. The lowest BCUT2D eigenvalue weighted by atomic mass is 10.0. The summed E-state index contributed by atoms with van der Waals surface area (Å²) < 4.78 is 0. The number of amides is 2. The van der Waals surface area contributed by atoms with Crippen LogP contribution in [-0.4, -0.2) is 29.1 Å². The Morgan fingerprint density at radius 1 is 0.900 bits per heavy atom. The normalized spacial score (nSPS) is 10.6. The van der Waals surface area contributed by atoms with Gasteiger partial charge in [0.15, 0.2) is 0 Å².